The van der Waals surface area contributed by atoms with Crippen LogP contribution in [0.4, 0.5) is 5.82 Å². The smallest absolute Gasteiger partial charge is 0.217 e. The molecule has 1 N–H and O–H groups in total. The predicted molar refractivity (Wildman–Crippen MR) is 107 cm³/mol. The van der Waals surface area contributed by atoms with E-state index in [0.717, 1.165) is 57.3 Å². The normalized spacial score (nSPS) is 24.5. The van der Waals surface area contributed by atoms with E-state index in [2.05, 4.69) is 20.1 Å². The zero-order valence-corrected chi connectivity index (χ0v) is 16.9. The fraction of sp³-hybridized carbons (Fsp3) is 0.684. The van der Waals surface area contributed by atoms with Crippen molar-refractivity contribution in [2.24, 2.45) is 5.92 Å². The fourth-order valence-corrected chi connectivity index (χ4v) is 4.43. The van der Waals surface area contributed by atoms with Gasteiger partial charge in [0.15, 0.2) is 0 Å². The first-order valence-electron chi connectivity index (χ1n) is 9.57. The summed E-state index contributed by atoms with van der Waals surface area (Å²) in [6, 6.07) is 2.12. The van der Waals surface area contributed by atoms with E-state index in [-0.39, 0.29) is 5.91 Å². The van der Waals surface area contributed by atoms with Crippen LogP contribution in [-0.4, -0.2) is 54.6 Å². The minimum atomic E-state index is 0.0978. The summed E-state index contributed by atoms with van der Waals surface area (Å²) in [5.74, 6) is 1.69. The highest BCUT2D eigenvalue weighted by molar-refractivity contribution is 6.43. The maximum absolute atomic E-state index is 11.2. The number of aromatic nitrogens is 1. The van der Waals surface area contributed by atoms with Gasteiger partial charge in [0.05, 0.1) is 5.02 Å². The Hall–Kier alpha value is -1.04. The SMILES string of the molecule is CC(=O)NC1CCC(CCN2CCN(c3nccc(Cl)c3Cl)CC2)CC1. The van der Waals surface area contributed by atoms with Crippen LogP contribution in [0.2, 0.25) is 10.0 Å². The molecular weight excluding hydrogens is 371 g/mol. The highest BCUT2D eigenvalue weighted by Crippen LogP contribution is 2.31. The van der Waals surface area contributed by atoms with Crippen molar-refractivity contribution >= 4 is 34.9 Å². The van der Waals surface area contributed by atoms with Crippen LogP contribution >= 0.6 is 23.2 Å². The number of nitrogens with zero attached hydrogens (tertiary/aromatic N) is 3. The van der Waals surface area contributed by atoms with Gasteiger partial charge in [-0.25, -0.2) is 4.98 Å². The van der Waals surface area contributed by atoms with Crippen LogP contribution in [0.3, 0.4) is 0 Å². The molecular formula is C19H28Cl2N4O. The second kappa shape index (κ2) is 9.25. The van der Waals surface area contributed by atoms with Crippen molar-refractivity contribution in [1.82, 2.24) is 15.2 Å². The molecule has 2 heterocycles. The molecule has 26 heavy (non-hydrogen) atoms. The highest BCUT2D eigenvalue weighted by atomic mass is 35.5. The third-order valence-corrected chi connectivity index (χ3v) is 6.39. The van der Waals surface area contributed by atoms with Crippen molar-refractivity contribution in [3.05, 3.63) is 22.3 Å². The third-order valence-electron chi connectivity index (χ3n) is 5.60. The minimum absolute atomic E-state index is 0.0978. The summed E-state index contributed by atoms with van der Waals surface area (Å²) in [6.45, 7) is 6.69. The Morgan fingerprint density at radius 3 is 2.54 bits per heavy atom. The number of nitrogens with one attached hydrogen (secondary N) is 1. The summed E-state index contributed by atoms with van der Waals surface area (Å²) >= 11 is 12.4. The summed E-state index contributed by atoms with van der Waals surface area (Å²) in [5.41, 5.74) is 0. The average molecular weight is 399 g/mol. The number of amides is 1. The van der Waals surface area contributed by atoms with E-state index < -0.39 is 0 Å². The van der Waals surface area contributed by atoms with E-state index in [4.69, 9.17) is 23.2 Å². The molecule has 7 heteroatoms. The van der Waals surface area contributed by atoms with Gasteiger partial charge >= 0.3 is 0 Å². The zero-order valence-electron chi connectivity index (χ0n) is 15.4. The molecule has 1 aromatic heterocycles. The molecule has 2 fully saturated rings. The first-order valence-corrected chi connectivity index (χ1v) is 10.3. The molecule has 0 unspecified atom stereocenters. The zero-order chi connectivity index (χ0) is 18.5. The number of hydrogen-bond donors (Lipinski definition) is 1. The molecule has 2 aliphatic rings. The number of hydrogen-bond acceptors (Lipinski definition) is 4. The molecule has 0 radical (unpaired) electrons. The standard InChI is InChI=1S/C19H28Cl2N4O/c1-14(26)23-16-4-2-15(3-5-16)7-9-24-10-12-25(13-11-24)19-18(21)17(20)6-8-22-19/h6,8,15-16H,2-5,7,9-13H2,1H3,(H,23,26). The second-order valence-electron chi connectivity index (χ2n) is 7.47. The Morgan fingerprint density at radius 1 is 1.19 bits per heavy atom. The number of piperazine rings is 1. The van der Waals surface area contributed by atoms with E-state index in [1.165, 1.54) is 19.3 Å². The van der Waals surface area contributed by atoms with Crippen LogP contribution in [0.15, 0.2) is 12.3 Å². The molecule has 1 aliphatic carbocycles. The Labute approximate surface area is 166 Å². The lowest BCUT2D eigenvalue weighted by Crippen LogP contribution is -2.47. The first-order chi connectivity index (χ1) is 12.5. The van der Waals surface area contributed by atoms with Gasteiger partial charge in [0.1, 0.15) is 10.8 Å². The summed E-state index contributed by atoms with van der Waals surface area (Å²) in [6.07, 6.45) is 7.67. The fourth-order valence-electron chi connectivity index (χ4n) is 4.06. The quantitative estimate of drug-likeness (QED) is 0.822. The van der Waals surface area contributed by atoms with Gasteiger partial charge in [0.25, 0.3) is 0 Å². The van der Waals surface area contributed by atoms with Crippen molar-refractivity contribution < 1.29 is 4.79 Å². The summed E-state index contributed by atoms with van der Waals surface area (Å²) in [4.78, 5) is 20.3. The predicted octanol–water partition coefficient (Wildman–Crippen LogP) is 3.60. The summed E-state index contributed by atoms with van der Waals surface area (Å²) in [5, 5.41) is 4.17. The number of halogens is 2. The molecule has 0 aromatic carbocycles. The molecule has 144 valence electrons. The number of anilines is 1. The summed E-state index contributed by atoms with van der Waals surface area (Å²) < 4.78 is 0. The van der Waals surface area contributed by atoms with E-state index in [9.17, 15) is 4.79 Å². The highest BCUT2D eigenvalue weighted by Gasteiger charge is 2.24. The van der Waals surface area contributed by atoms with Crippen molar-refractivity contribution in [3.63, 3.8) is 0 Å². The van der Waals surface area contributed by atoms with Crippen LogP contribution in [0, 0.1) is 5.92 Å². The average Bonchev–Trinajstić information content (AvgIpc) is 2.63. The van der Waals surface area contributed by atoms with Gasteiger partial charge in [-0.1, -0.05) is 23.2 Å². The lowest BCUT2D eigenvalue weighted by atomic mass is 9.84. The topological polar surface area (TPSA) is 48.5 Å². The molecule has 0 bridgehead atoms. The van der Waals surface area contributed by atoms with Gasteiger partial charge in [-0.05, 0) is 50.6 Å². The van der Waals surface area contributed by atoms with Crippen LogP contribution in [0.1, 0.15) is 39.0 Å². The number of carbonyl (C=O) groups excluding carboxylic acids is 1. The maximum atomic E-state index is 11.2. The molecule has 0 atom stereocenters. The van der Waals surface area contributed by atoms with Crippen LogP contribution < -0.4 is 10.2 Å². The Kier molecular flexibility index (Phi) is 7.01. The van der Waals surface area contributed by atoms with Gasteiger partial charge in [0, 0.05) is 45.3 Å². The molecule has 1 aromatic rings. The molecule has 3 rings (SSSR count). The number of rotatable bonds is 5. The van der Waals surface area contributed by atoms with Gasteiger partial charge in [-0.3, -0.25) is 9.69 Å². The number of pyridine rings is 1. The van der Waals surface area contributed by atoms with E-state index in [1.54, 1.807) is 19.2 Å². The van der Waals surface area contributed by atoms with Crippen LogP contribution in [-0.2, 0) is 4.79 Å². The lowest BCUT2D eigenvalue weighted by Gasteiger charge is -2.37. The monoisotopic (exact) mass is 398 g/mol. The molecule has 5 nitrogen and oxygen atoms in total. The number of carbonyl (C=O) groups is 1. The first kappa shape index (κ1) is 19.7. The molecule has 1 saturated heterocycles. The Bertz CT molecular complexity index is 612. The summed E-state index contributed by atoms with van der Waals surface area (Å²) in [7, 11) is 0. The molecule has 1 amide bonds. The van der Waals surface area contributed by atoms with Crippen molar-refractivity contribution in [2.75, 3.05) is 37.6 Å². The Morgan fingerprint density at radius 2 is 1.88 bits per heavy atom. The maximum Gasteiger partial charge on any atom is 0.217 e. The van der Waals surface area contributed by atoms with Crippen molar-refractivity contribution in [1.29, 1.82) is 0 Å². The van der Waals surface area contributed by atoms with E-state index in [0.29, 0.717) is 16.1 Å². The van der Waals surface area contributed by atoms with Crippen LogP contribution in [0.5, 0.6) is 0 Å². The largest absolute Gasteiger partial charge is 0.354 e. The van der Waals surface area contributed by atoms with Gasteiger partial charge in [-0.15, -0.1) is 0 Å². The van der Waals surface area contributed by atoms with E-state index >= 15 is 0 Å². The second-order valence-corrected chi connectivity index (χ2v) is 8.25. The van der Waals surface area contributed by atoms with Crippen molar-refractivity contribution in [3.8, 4) is 0 Å². The van der Waals surface area contributed by atoms with Gasteiger partial charge in [-0.2, -0.15) is 0 Å². The molecule has 1 aliphatic heterocycles. The van der Waals surface area contributed by atoms with Crippen LogP contribution in [0.25, 0.3) is 0 Å². The van der Waals surface area contributed by atoms with Crippen molar-refractivity contribution in [2.45, 2.75) is 45.1 Å². The molecule has 0 spiro atoms. The molecule has 1 saturated carbocycles. The lowest BCUT2D eigenvalue weighted by molar-refractivity contribution is -0.119. The van der Waals surface area contributed by atoms with E-state index in [1.807, 2.05) is 0 Å². The third kappa shape index (κ3) is 5.24. The minimum Gasteiger partial charge on any atom is -0.354 e. The van der Waals surface area contributed by atoms with Gasteiger partial charge < -0.3 is 10.2 Å². The van der Waals surface area contributed by atoms with Gasteiger partial charge in [0.2, 0.25) is 5.91 Å². The Balaban J connectivity index is 1.38.